The van der Waals surface area contributed by atoms with Crippen molar-refractivity contribution in [2.24, 2.45) is 0 Å². The minimum Gasteiger partial charge on any atom is -0.443 e. The molecule has 2 atom stereocenters. The van der Waals surface area contributed by atoms with E-state index in [1.54, 1.807) is 109 Å². The molecule has 0 aromatic heterocycles. The molecule has 0 saturated carbocycles. The number of carbonyl (C=O) groups is 4. The SMILES string of the molecule is O=C(NN(Cc1ccccc1)C(=O)[C@H](O)[C@@H](O)C(=O)N(Cc1ccccc1)NC(=O)OCc1ccccc1)OCc1ccccc1. The smallest absolute Gasteiger partial charge is 0.426 e. The van der Waals surface area contributed by atoms with Crippen LogP contribution in [-0.4, -0.2) is 56.4 Å². The first-order valence-electron chi connectivity index (χ1n) is 14.3. The summed E-state index contributed by atoms with van der Waals surface area (Å²) >= 11 is 0. The molecule has 4 N–H and O–H groups in total. The minimum atomic E-state index is -2.34. The van der Waals surface area contributed by atoms with Crippen molar-refractivity contribution in [2.75, 3.05) is 0 Å². The Morgan fingerprint density at radius 2 is 0.783 bits per heavy atom. The predicted octanol–water partition coefficient (Wildman–Crippen LogP) is 3.45. The van der Waals surface area contributed by atoms with Gasteiger partial charge < -0.3 is 19.7 Å². The van der Waals surface area contributed by atoms with Crippen LogP contribution < -0.4 is 10.9 Å². The van der Waals surface area contributed by atoms with Crippen LogP contribution in [0.15, 0.2) is 121 Å². The van der Waals surface area contributed by atoms with Gasteiger partial charge in [-0.1, -0.05) is 121 Å². The van der Waals surface area contributed by atoms with E-state index >= 15 is 0 Å². The van der Waals surface area contributed by atoms with Crippen LogP contribution in [0, 0.1) is 0 Å². The van der Waals surface area contributed by atoms with Crippen LogP contribution in [0.3, 0.4) is 0 Å². The average molecular weight is 627 g/mol. The van der Waals surface area contributed by atoms with Gasteiger partial charge in [0.1, 0.15) is 13.2 Å². The van der Waals surface area contributed by atoms with Crippen molar-refractivity contribution in [2.45, 2.75) is 38.5 Å². The Bertz CT molecular complexity index is 1440. The maximum absolute atomic E-state index is 13.4. The van der Waals surface area contributed by atoms with Crippen molar-refractivity contribution in [3.8, 4) is 0 Å². The van der Waals surface area contributed by atoms with Crippen LogP contribution in [0.4, 0.5) is 9.59 Å². The molecule has 0 spiro atoms. The van der Waals surface area contributed by atoms with E-state index in [0.717, 1.165) is 10.0 Å². The van der Waals surface area contributed by atoms with E-state index in [-0.39, 0.29) is 26.3 Å². The van der Waals surface area contributed by atoms with E-state index in [0.29, 0.717) is 22.3 Å². The van der Waals surface area contributed by atoms with Crippen molar-refractivity contribution >= 4 is 24.0 Å². The third-order valence-electron chi connectivity index (χ3n) is 6.58. The highest BCUT2D eigenvalue weighted by Crippen LogP contribution is 2.11. The molecule has 12 heteroatoms. The largest absolute Gasteiger partial charge is 0.443 e. The maximum Gasteiger partial charge on any atom is 0.426 e. The van der Waals surface area contributed by atoms with E-state index in [1.807, 2.05) is 12.1 Å². The van der Waals surface area contributed by atoms with Gasteiger partial charge >= 0.3 is 12.2 Å². The lowest BCUT2D eigenvalue weighted by Crippen LogP contribution is -2.58. The van der Waals surface area contributed by atoms with E-state index in [2.05, 4.69) is 10.9 Å². The Kier molecular flexibility index (Phi) is 12.2. The molecule has 4 aromatic rings. The molecule has 12 nitrogen and oxygen atoms in total. The van der Waals surface area contributed by atoms with E-state index in [1.165, 1.54) is 0 Å². The molecule has 0 aliphatic heterocycles. The fourth-order valence-corrected chi connectivity index (χ4v) is 4.20. The number of hydrogen-bond donors (Lipinski definition) is 4. The summed E-state index contributed by atoms with van der Waals surface area (Å²) in [5, 5.41) is 23.3. The summed E-state index contributed by atoms with van der Waals surface area (Å²) in [5.74, 6) is -2.40. The summed E-state index contributed by atoms with van der Waals surface area (Å²) in [6.45, 7) is -0.639. The molecule has 4 amide bonds. The van der Waals surface area contributed by atoms with Gasteiger partial charge in [0, 0.05) is 0 Å². The molecule has 0 unspecified atom stereocenters. The van der Waals surface area contributed by atoms with Crippen molar-refractivity contribution in [3.63, 3.8) is 0 Å². The zero-order valence-corrected chi connectivity index (χ0v) is 24.8. The number of rotatable bonds is 11. The highest BCUT2D eigenvalue weighted by atomic mass is 16.6. The Hall–Kier alpha value is -5.72. The highest BCUT2D eigenvalue weighted by molar-refractivity contribution is 5.92. The third-order valence-corrected chi connectivity index (χ3v) is 6.58. The lowest BCUT2D eigenvalue weighted by molar-refractivity contribution is -0.162. The van der Waals surface area contributed by atoms with Gasteiger partial charge in [-0.3, -0.25) is 9.59 Å². The highest BCUT2D eigenvalue weighted by Gasteiger charge is 2.37. The van der Waals surface area contributed by atoms with Crippen molar-refractivity contribution in [1.82, 2.24) is 20.9 Å². The van der Waals surface area contributed by atoms with Crippen LogP contribution >= 0.6 is 0 Å². The molecule has 0 saturated heterocycles. The summed E-state index contributed by atoms with van der Waals surface area (Å²) in [7, 11) is 0. The first kappa shape index (κ1) is 33.2. The van der Waals surface area contributed by atoms with E-state index in [9.17, 15) is 29.4 Å². The van der Waals surface area contributed by atoms with Gasteiger partial charge in [0.05, 0.1) is 13.1 Å². The number of carbonyl (C=O) groups excluding carboxylic acids is 4. The lowest BCUT2D eigenvalue weighted by atomic mass is 10.1. The van der Waals surface area contributed by atoms with Crippen LogP contribution in [0.2, 0.25) is 0 Å². The van der Waals surface area contributed by atoms with Crippen LogP contribution in [0.1, 0.15) is 22.3 Å². The lowest BCUT2D eigenvalue weighted by Gasteiger charge is -2.29. The number of hydrogen-bond acceptors (Lipinski definition) is 8. The average Bonchev–Trinajstić information content (AvgIpc) is 3.10. The quantitative estimate of drug-likeness (QED) is 0.184. The molecule has 4 rings (SSSR count). The van der Waals surface area contributed by atoms with Crippen molar-refractivity contribution < 1.29 is 38.9 Å². The second-order valence-electron chi connectivity index (χ2n) is 10.1. The number of aliphatic hydroxyl groups excluding tert-OH is 2. The topological polar surface area (TPSA) is 158 Å². The molecular formula is C34H34N4O8. The molecule has 4 aromatic carbocycles. The van der Waals surface area contributed by atoms with E-state index < -0.39 is 36.2 Å². The number of hydrazine groups is 2. The third kappa shape index (κ3) is 10.2. The zero-order chi connectivity index (χ0) is 32.7. The molecule has 0 heterocycles. The number of aliphatic hydroxyl groups is 2. The molecule has 0 aliphatic carbocycles. The maximum atomic E-state index is 13.4. The number of benzene rings is 4. The number of ether oxygens (including phenoxy) is 2. The summed E-state index contributed by atoms with van der Waals surface area (Å²) in [6.07, 6.45) is -6.69. The Balaban J connectivity index is 1.46. The second-order valence-corrected chi connectivity index (χ2v) is 10.1. The van der Waals surface area contributed by atoms with Gasteiger partial charge in [0.15, 0.2) is 12.2 Å². The summed E-state index contributed by atoms with van der Waals surface area (Å²) in [6, 6.07) is 34.8. The summed E-state index contributed by atoms with van der Waals surface area (Å²) < 4.78 is 10.4. The Morgan fingerprint density at radius 1 is 0.500 bits per heavy atom. The van der Waals surface area contributed by atoms with Crippen LogP contribution in [0.5, 0.6) is 0 Å². The normalized spacial score (nSPS) is 11.8. The standard InChI is InChI=1S/C34H34N4O8/c39-29(31(41)37(21-25-13-5-1-6-14-25)35-33(43)45-23-27-17-9-3-10-18-27)30(40)32(42)38(22-26-15-7-2-8-16-26)36-34(44)46-24-28-19-11-4-12-20-28/h1-20,29-30,39-40H,21-24H2,(H,35,43)(H,36,44)/t29-,30-/m1/s1. The molecule has 238 valence electrons. The molecule has 0 bridgehead atoms. The Labute approximate surface area is 265 Å². The van der Waals surface area contributed by atoms with Crippen LogP contribution in [-0.2, 0) is 45.4 Å². The van der Waals surface area contributed by atoms with E-state index in [4.69, 9.17) is 9.47 Å². The number of amides is 4. The first-order valence-corrected chi connectivity index (χ1v) is 14.3. The van der Waals surface area contributed by atoms with Gasteiger partial charge in [-0.2, -0.15) is 0 Å². The summed E-state index contributed by atoms with van der Waals surface area (Å²) in [4.78, 5) is 52.1. The first-order chi connectivity index (χ1) is 22.3. The molecule has 0 aliphatic rings. The van der Waals surface area contributed by atoms with Gasteiger partial charge in [-0.05, 0) is 22.3 Å². The number of nitrogens with zero attached hydrogens (tertiary/aromatic N) is 2. The molecule has 46 heavy (non-hydrogen) atoms. The molecule has 0 fully saturated rings. The zero-order valence-electron chi connectivity index (χ0n) is 24.8. The predicted molar refractivity (Wildman–Crippen MR) is 166 cm³/mol. The fourth-order valence-electron chi connectivity index (χ4n) is 4.20. The fraction of sp³-hybridized carbons (Fsp3) is 0.176. The Morgan fingerprint density at radius 3 is 1.09 bits per heavy atom. The van der Waals surface area contributed by atoms with Gasteiger partial charge in [0.2, 0.25) is 0 Å². The molecular weight excluding hydrogens is 592 g/mol. The van der Waals surface area contributed by atoms with Crippen molar-refractivity contribution in [1.29, 1.82) is 0 Å². The van der Waals surface area contributed by atoms with Crippen molar-refractivity contribution in [3.05, 3.63) is 144 Å². The summed E-state index contributed by atoms with van der Waals surface area (Å²) in [5.41, 5.74) is 7.11. The van der Waals surface area contributed by atoms with Gasteiger partial charge in [0.25, 0.3) is 11.8 Å². The molecule has 0 radical (unpaired) electrons. The van der Waals surface area contributed by atoms with Crippen LogP contribution in [0.25, 0.3) is 0 Å². The minimum absolute atomic E-state index is 0.0931. The monoisotopic (exact) mass is 626 g/mol. The number of nitrogens with one attached hydrogen (secondary N) is 2. The van der Waals surface area contributed by atoms with Gasteiger partial charge in [-0.15, -0.1) is 0 Å². The second kappa shape index (κ2) is 16.9. The van der Waals surface area contributed by atoms with Gasteiger partial charge in [-0.25, -0.2) is 30.5 Å².